The van der Waals surface area contributed by atoms with E-state index >= 15 is 0 Å². The van der Waals surface area contributed by atoms with Crippen LogP contribution in [0.5, 0.6) is 0 Å². The highest BCUT2D eigenvalue weighted by Gasteiger charge is 2.07. The molecule has 0 aliphatic carbocycles. The fourth-order valence-electron chi connectivity index (χ4n) is 7.86. The highest BCUT2D eigenvalue weighted by Crippen LogP contribution is 2.18. The zero-order valence-corrected chi connectivity index (χ0v) is 41.9. The Kier molecular flexibility index (Phi) is 63.8. The lowest BCUT2D eigenvalue weighted by molar-refractivity contribution is -0.112. The van der Waals surface area contributed by atoms with Crippen LogP contribution >= 0.6 is 0 Å². The number of hydrogen-bond donors (Lipinski definition) is 1. The maximum atomic E-state index is 10.9. The van der Waals surface area contributed by atoms with E-state index in [0.29, 0.717) is 12.5 Å². The summed E-state index contributed by atoms with van der Waals surface area (Å²) in [4.78, 5) is 23.7. The molecule has 0 saturated heterocycles. The summed E-state index contributed by atoms with van der Waals surface area (Å²) >= 11 is 0. The lowest BCUT2D eigenvalue weighted by Crippen LogP contribution is -2.27. The minimum atomic E-state index is 0.275. The van der Waals surface area contributed by atoms with Crippen LogP contribution < -0.4 is 0 Å². The van der Waals surface area contributed by atoms with Gasteiger partial charge in [0.2, 0.25) is 0 Å². The van der Waals surface area contributed by atoms with E-state index in [1.807, 2.05) is 6.92 Å². The van der Waals surface area contributed by atoms with E-state index in [1.54, 1.807) is 14.2 Å². The second-order valence-corrected chi connectivity index (χ2v) is 18.2. The molecule has 0 aromatic heterocycles. The van der Waals surface area contributed by atoms with Crippen molar-refractivity contribution in [2.45, 2.75) is 272 Å². The molecule has 0 rings (SSSR count). The van der Waals surface area contributed by atoms with Gasteiger partial charge in [-0.05, 0) is 77.4 Å². The van der Waals surface area contributed by atoms with Gasteiger partial charge >= 0.3 is 0 Å². The molecule has 0 bridgehead atoms. The van der Waals surface area contributed by atoms with E-state index in [2.05, 4.69) is 25.7 Å². The van der Waals surface area contributed by atoms with Crippen molar-refractivity contribution in [3.05, 3.63) is 0 Å². The molecule has 0 fully saturated rings. The number of nitrogens with zero attached hydrogens (tertiary/aromatic N) is 1. The second kappa shape index (κ2) is 60.3. The topological polar surface area (TPSA) is 76.1 Å². The lowest BCUT2D eigenvalue weighted by Gasteiger charge is -2.22. The van der Waals surface area contributed by atoms with E-state index in [4.69, 9.17) is 14.6 Å². The normalized spacial score (nSPS) is 12.1. The standard InChI is InChI=1S/C30H63NO3.C16H32O.C8H16O/c1-33-29-23-17-13-9-5-3-7-11-15-19-25-31(27-21-22-28-32)26-20-16-12-8-4-6-10-14-18-24-30-34-2;1-3-5-7-9-10-12-14-16(15-17)13-11-8-6-4-2;1-3-4-5-6-8(2)7-9/h32H,3-30H2,1-2H3;15-16H,3-14H2,1-2H3;7-8H,3-6H2,1-2H3. The monoisotopic (exact) mass is 854 g/mol. The molecule has 2 unspecified atom stereocenters. The van der Waals surface area contributed by atoms with Gasteiger partial charge in [0.05, 0.1) is 0 Å². The van der Waals surface area contributed by atoms with Crippen molar-refractivity contribution in [1.29, 1.82) is 0 Å². The van der Waals surface area contributed by atoms with E-state index in [9.17, 15) is 9.59 Å². The Morgan fingerprint density at radius 1 is 0.400 bits per heavy atom. The molecule has 362 valence electrons. The van der Waals surface area contributed by atoms with E-state index < -0.39 is 0 Å². The van der Waals surface area contributed by atoms with Crippen LogP contribution in [0.3, 0.4) is 0 Å². The Morgan fingerprint density at radius 2 is 0.700 bits per heavy atom. The first kappa shape index (κ1) is 63.5. The summed E-state index contributed by atoms with van der Waals surface area (Å²) in [7, 11) is 3.59. The highest BCUT2D eigenvalue weighted by molar-refractivity contribution is 5.53. The molecule has 0 aromatic rings. The number of carbonyl (C=O) groups excluding carboxylic acids is 2. The van der Waals surface area contributed by atoms with Crippen LogP contribution in [0.1, 0.15) is 272 Å². The predicted octanol–water partition coefficient (Wildman–Crippen LogP) is 16.1. The summed E-state index contributed by atoms with van der Waals surface area (Å²) in [6.45, 7) is 14.5. The van der Waals surface area contributed by atoms with Crippen LogP contribution in [0.25, 0.3) is 0 Å². The van der Waals surface area contributed by atoms with Crippen molar-refractivity contribution in [2.24, 2.45) is 11.8 Å². The SMILES string of the molecule is CCCCCC(C)C=O.CCCCCCCCC(C=O)CCCCCC.COCCCCCCCCCCCCN(CCCCO)CCCCCCCCCCCCOC. The van der Waals surface area contributed by atoms with Crippen molar-refractivity contribution in [3.63, 3.8) is 0 Å². The van der Waals surface area contributed by atoms with Gasteiger partial charge < -0.3 is 29.1 Å². The zero-order valence-electron chi connectivity index (χ0n) is 41.9. The largest absolute Gasteiger partial charge is 0.396 e. The maximum absolute atomic E-state index is 10.9. The van der Waals surface area contributed by atoms with Crippen LogP contribution in [-0.2, 0) is 19.1 Å². The fraction of sp³-hybridized carbons (Fsp3) is 0.963. The number of methoxy groups -OCH3 is 2. The minimum Gasteiger partial charge on any atom is -0.396 e. The van der Waals surface area contributed by atoms with Gasteiger partial charge in [0.15, 0.2) is 0 Å². The van der Waals surface area contributed by atoms with Gasteiger partial charge in [-0.25, -0.2) is 0 Å². The van der Waals surface area contributed by atoms with Crippen molar-refractivity contribution in [2.75, 3.05) is 53.7 Å². The molecule has 0 heterocycles. The molecule has 1 N–H and O–H groups in total. The molecule has 0 aliphatic rings. The molecule has 0 spiro atoms. The molecule has 0 aliphatic heterocycles. The third-order valence-electron chi connectivity index (χ3n) is 12.1. The third kappa shape index (κ3) is 59.3. The van der Waals surface area contributed by atoms with Gasteiger partial charge in [-0.1, -0.05) is 214 Å². The van der Waals surface area contributed by atoms with Crippen LogP contribution in [0.15, 0.2) is 0 Å². The number of unbranched alkanes of at least 4 members (excludes halogenated alkanes) is 29. The Hall–Kier alpha value is -0.820. The first-order chi connectivity index (χ1) is 29.5. The van der Waals surface area contributed by atoms with Crippen LogP contribution in [0, 0.1) is 11.8 Å². The van der Waals surface area contributed by atoms with Crippen LogP contribution in [0.4, 0.5) is 0 Å². The van der Waals surface area contributed by atoms with Crippen LogP contribution in [-0.4, -0.2) is 76.3 Å². The van der Waals surface area contributed by atoms with E-state index in [1.165, 1.54) is 238 Å². The first-order valence-electron chi connectivity index (χ1n) is 26.7. The number of aliphatic hydroxyl groups excluding tert-OH is 1. The number of ether oxygens (including phenoxy) is 2. The van der Waals surface area contributed by atoms with Crippen LogP contribution in [0.2, 0.25) is 0 Å². The fourth-order valence-corrected chi connectivity index (χ4v) is 7.86. The summed E-state index contributed by atoms with van der Waals surface area (Å²) in [5.41, 5.74) is 0. The molecule has 0 radical (unpaired) electrons. The molecule has 0 amide bonds. The van der Waals surface area contributed by atoms with Gasteiger partial charge in [-0.2, -0.15) is 0 Å². The van der Waals surface area contributed by atoms with E-state index in [-0.39, 0.29) is 5.92 Å². The van der Waals surface area contributed by atoms with Crippen molar-refractivity contribution in [3.8, 4) is 0 Å². The summed E-state index contributed by atoms with van der Waals surface area (Å²) in [6.07, 6.45) is 51.9. The average molecular weight is 854 g/mol. The molecular formula is C54H111NO5. The smallest absolute Gasteiger partial charge is 0.123 e. The highest BCUT2D eigenvalue weighted by atomic mass is 16.5. The molecule has 2 atom stereocenters. The summed E-state index contributed by atoms with van der Waals surface area (Å²) < 4.78 is 10.2. The Bertz CT molecular complexity index is 724. The Morgan fingerprint density at radius 3 is 1.05 bits per heavy atom. The van der Waals surface area contributed by atoms with Gasteiger partial charge in [0, 0.05) is 45.9 Å². The zero-order chi connectivity index (χ0) is 44.7. The maximum Gasteiger partial charge on any atom is 0.123 e. The molecule has 0 saturated carbocycles. The minimum absolute atomic E-state index is 0.275. The summed E-state index contributed by atoms with van der Waals surface area (Å²) in [5, 5.41) is 9.13. The van der Waals surface area contributed by atoms with Crippen molar-refractivity contribution in [1.82, 2.24) is 4.90 Å². The van der Waals surface area contributed by atoms with Crippen molar-refractivity contribution >= 4 is 12.6 Å². The molecule has 0 aromatic carbocycles. The molecule has 60 heavy (non-hydrogen) atoms. The average Bonchev–Trinajstić information content (AvgIpc) is 3.26. The number of rotatable bonds is 48. The summed E-state index contributed by atoms with van der Waals surface area (Å²) in [6, 6.07) is 0. The lowest BCUT2D eigenvalue weighted by atomic mass is 9.95. The number of hydrogen-bond acceptors (Lipinski definition) is 6. The quantitative estimate of drug-likeness (QED) is 0.0485. The molecule has 6 heteroatoms. The first-order valence-corrected chi connectivity index (χ1v) is 26.7. The Balaban J connectivity index is -0.00000102. The number of carbonyl (C=O) groups is 2. The molecule has 6 nitrogen and oxygen atoms in total. The number of aldehydes is 2. The van der Waals surface area contributed by atoms with Crippen molar-refractivity contribution < 1.29 is 24.2 Å². The third-order valence-corrected chi connectivity index (χ3v) is 12.1. The number of aliphatic hydroxyl groups is 1. The predicted molar refractivity (Wildman–Crippen MR) is 265 cm³/mol. The Labute approximate surface area is 377 Å². The summed E-state index contributed by atoms with van der Waals surface area (Å²) in [5.74, 6) is 0.620. The van der Waals surface area contributed by atoms with Gasteiger partial charge in [-0.3, -0.25) is 0 Å². The van der Waals surface area contributed by atoms with Gasteiger partial charge in [0.25, 0.3) is 0 Å². The second-order valence-electron chi connectivity index (χ2n) is 18.2. The molecular weight excluding hydrogens is 743 g/mol. The van der Waals surface area contributed by atoms with E-state index in [0.717, 1.165) is 51.6 Å². The van der Waals surface area contributed by atoms with Gasteiger partial charge in [0.1, 0.15) is 12.6 Å². The van der Waals surface area contributed by atoms with Gasteiger partial charge in [-0.15, -0.1) is 0 Å².